The van der Waals surface area contributed by atoms with E-state index >= 15 is 0 Å². The monoisotopic (exact) mass is 470 g/mol. The molecule has 0 heterocycles. The van der Waals surface area contributed by atoms with Gasteiger partial charge in [-0.2, -0.15) is 13.2 Å². The van der Waals surface area contributed by atoms with E-state index in [4.69, 9.17) is 0 Å². The Morgan fingerprint density at radius 2 is 1.73 bits per heavy atom. The third-order valence-electron chi connectivity index (χ3n) is 11.2. The van der Waals surface area contributed by atoms with Crippen molar-refractivity contribution in [1.29, 1.82) is 0 Å². The molecule has 5 heteroatoms. The lowest BCUT2D eigenvalue weighted by Gasteiger charge is -2.60. The van der Waals surface area contributed by atoms with Crippen LogP contribution in [-0.4, -0.2) is 27.6 Å². The molecule has 0 aromatic carbocycles. The Morgan fingerprint density at radius 1 is 1.06 bits per heavy atom. The normalized spacial score (nSPS) is 48.2. The van der Waals surface area contributed by atoms with Gasteiger partial charge in [0.15, 0.2) is 5.60 Å². The van der Waals surface area contributed by atoms with Gasteiger partial charge in [-0.25, -0.2) is 0 Å². The molecule has 0 aromatic rings. The maximum absolute atomic E-state index is 13.2. The molecule has 0 saturated heterocycles. The third kappa shape index (κ3) is 4.11. The van der Waals surface area contributed by atoms with Crippen molar-refractivity contribution in [1.82, 2.24) is 0 Å². The van der Waals surface area contributed by atoms with Crippen molar-refractivity contribution in [3.8, 4) is 0 Å². The van der Waals surface area contributed by atoms with Crippen LogP contribution >= 0.6 is 0 Å². The Labute approximate surface area is 198 Å². The first-order chi connectivity index (χ1) is 15.0. The van der Waals surface area contributed by atoms with Crippen LogP contribution in [0.3, 0.4) is 0 Å². The third-order valence-corrected chi connectivity index (χ3v) is 11.2. The molecule has 3 fully saturated rings. The fourth-order valence-electron chi connectivity index (χ4n) is 8.99. The smallest absolute Gasteiger partial charge is 0.390 e. The summed E-state index contributed by atoms with van der Waals surface area (Å²) >= 11 is 0. The zero-order chi connectivity index (χ0) is 24.6. The van der Waals surface area contributed by atoms with Crippen LogP contribution in [-0.2, 0) is 0 Å². The fraction of sp³-hybridized carbons (Fsp3) is 0.929. The van der Waals surface area contributed by atoms with E-state index in [9.17, 15) is 23.4 Å². The lowest BCUT2D eigenvalue weighted by atomic mass is 9.44. The number of rotatable bonds is 4. The van der Waals surface area contributed by atoms with Crippen LogP contribution in [0.4, 0.5) is 13.2 Å². The largest absolute Gasteiger partial charge is 0.416 e. The first-order valence-electron chi connectivity index (χ1n) is 13.2. The summed E-state index contributed by atoms with van der Waals surface area (Å²) in [5.74, 6) is 2.95. The Balaban J connectivity index is 1.53. The van der Waals surface area contributed by atoms with Crippen LogP contribution in [0, 0.1) is 46.3 Å². The van der Waals surface area contributed by atoms with Crippen LogP contribution < -0.4 is 0 Å². The van der Waals surface area contributed by atoms with Gasteiger partial charge < -0.3 is 10.2 Å². The number of allylic oxidation sites excluding steroid dienone is 1. The Kier molecular flexibility index (Phi) is 6.18. The van der Waals surface area contributed by atoms with Gasteiger partial charge in [0.25, 0.3) is 0 Å². The van der Waals surface area contributed by atoms with E-state index < -0.39 is 17.4 Å². The van der Waals surface area contributed by atoms with E-state index in [0.29, 0.717) is 36.0 Å². The number of alkyl halides is 3. The van der Waals surface area contributed by atoms with E-state index in [1.54, 1.807) is 0 Å². The zero-order valence-corrected chi connectivity index (χ0v) is 21.4. The number of fused-ring (bicyclic) bond motifs is 5. The minimum atomic E-state index is -4.57. The predicted molar refractivity (Wildman–Crippen MR) is 125 cm³/mol. The van der Waals surface area contributed by atoms with Crippen molar-refractivity contribution in [2.24, 2.45) is 46.3 Å². The summed E-state index contributed by atoms with van der Waals surface area (Å²) in [6.07, 6.45) is 5.40. The van der Waals surface area contributed by atoms with Gasteiger partial charge in [0.05, 0.1) is 5.60 Å². The predicted octanol–water partition coefficient (Wildman–Crippen LogP) is 7.29. The highest BCUT2D eigenvalue weighted by Crippen LogP contribution is 2.68. The molecular weight excluding hydrogens is 425 g/mol. The summed E-state index contributed by atoms with van der Waals surface area (Å²) in [4.78, 5) is 0. The highest BCUT2D eigenvalue weighted by atomic mass is 19.4. The number of hydrogen-bond donors (Lipinski definition) is 2. The van der Waals surface area contributed by atoms with Crippen LogP contribution in [0.25, 0.3) is 0 Å². The Morgan fingerprint density at radius 3 is 2.36 bits per heavy atom. The molecule has 0 aromatic heterocycles. The molecule has 0 aliphatic heterocycles. The van der Waals surface area contributed by atoms with E-state index in [-0.39, 0.29) is 23.2 Å². The first kappa shape index (κ1) is 25.5. The van der Waals surface area contributed by atoms with Gasteiger partial charge in [0.1, 0.15) is 0 Å². The van der Waals surface area contributed by atoms with Crippen molar-refractivity contribution < 1.29 is 23.4 Å². The molecule has 4 aliphatic carbocycles. The Hall–Kier alpha value is -0.550. The van der Waals surface area contributed by atoms with Crippen LogP contribution in [0.1, 0.15) is 99.3 Å². The summed E-state index contributed by atoms with van der Waals surface area (Å²) in [6.45, 7) is 12.2. The minimum absolute atomic E-state index is 0.167. The highest BCUT2D eigenvalue weighted by molar-refractivity contribution is 5.28. The van der Waals surface area contributed by atoms with E-state index in [2.05, 4.69) is 33.8 Å². The summed E-state index contributed by atoms with van der Waals surface area (Å²) in [6, 6.07) is 0. The van der Waals surface area contributed by atoms with Crippen molar-refractivity contribution in [3.05, 3.63) is 11.6 Å². The molecule has 190 valence electrons. The van der Waals surface area contributed by atoms with Crippen molar-refractivity contribution in [3.63, 3.8) is 0 Å². The lowest BCUT2D eigenvalue weighted by molar-refractivity contribution is -0.256. The molecular formula is C28H45F3O2. The molecule has 0 radical (unpaired) electrons. The van der Waals surface area contributed by atoms with E-state index in [0.717, 1.165) is 39.0 Å². The molecule has 0 spiro atoms. The first-order valence-corrected chi connectivity index (χ1v) is 13.2. The van der Waals surface area contributed by atoms with Gasteiger partial charge >= 0.3 is 6.18 Å². The van der Waals surface area contributed by atoms with Crippen LogP contribution in [0.5, 0.6) is 0 Å². The second-order valence-electron chi connectivity index (χ2n) is 13.4. The standard InChI is InChI=1S/C28H45F3O2/c1-17(9-12-27(6,33)28(29,30)31)20-7-8-21-23-18(2)15-19-16-24(3,32)13-14-25(19,4)22(23)10-11-26(20,21)5/h15,17-18,20-23,32-33H,7-14,16H2,1-6H3/t17-,18?,20-,21+,22+,23+,24+,25+,26-,27+/m1/s1. The molecule has 2 N–H and O–H groups in total. The minimum Gasteiger partial charge on any atom is -0.390 e. The van der Waals surface area contributed by atoms with E-state index in [1.165, 1.54) is 18.4 Å². The molecule has 4 aliphatic rings. The quantitative estimate of drug-likeness (QED) is 0.424. The highest BCUT2D eigenvalue weighted by Gasteiger charge is 2.61. The van der Waals surface area contributed by atoms with Crippen molar-refractivity contribution in [2.45, 2.75) is 117 Å². The van der Waals surface area contributed by atoms with Crippen molar-refractivity contribution >= 4 is 0 Å². The summed E-state index contributed by atoms with van der Waals surface area (Å²) in [7, 11) is 0. The van der Waals surface area contributed by atoms with Gasteiger partial charge in [0, 0.05) is 0 Å². The molecule has 3 saturated carbocycles. The number of hydrogen-bond acceptors (Lipinski definition) is 2. The maximum Gasteiger partial charge on any atom is 0.416 e. The molecule has 2 nitrogen and oxygen atoms in total. The molecule has 33 heavy (non-hydrogen) atoms. The van der Waals surface area contributed by atoms with Gasteiger partial charge in [-0.15, -0.1) is 0 Å². The number of aliphatic hydroxyl groups is 2. The van der Waals surface area contributed by atoms with Gasteiger partial charge in [0.2, 0.25) is 0 Å². The van der Waals surface area contributed by atoms with Crippen LogP contribution in [0.2, 0.25) is 0 Å². The van der Waals surface area contributed by atoms with Gasteiger partial charge in [-0.3, -0.25) is 0 Å². The van der Waals surface area contributed by atoms with E-state index in [1.807, 2.05) is 6.92 Å². The average Bonchev–Trinajstić information content (AvgIpc) is 3.04. The number of halogens is 3. The summed E-state index contributed by atoms with van der Waals surface area (Å²) in [5, 5.41) is 20.7. The molecule has 1 unspecified atom stereocenters. The van der Waals surface area contributed by atoms with Crippen LogP contribution in [0.15, 0.2) is 11.6 Å². The molecule has 4 rings (SSSR count). The lowest BCUT2D eigenvalue weighted by Crippen LogP contribution is -2.54. The average molecular weight is 471 g/mol. The molecule has 10 atom stereocenters. The second-order valence-corrected chi connectivity index (χ2v) is 13.4. The molecule has 0 amide bonds. The fourth-order valence-corrected chi connectivity index (χ4v) is 8.99. The maximum atomic E-state index is 13.2. The SMILES string of the molecule is CC1C=C2C[C@@](C)(O)CC[C@]2(C)[C@H]2CC[C@]3(C)[C@@H]([C@H](C)CC[C@](C)(O)C(F)(F)F)CC[C@H]3[C@H]12. The Bertz CT molecular complexity index is 785. The van der Waals surface area contributed by atoms with Crippen molar-refractivity contribution in [2.75, 3.05) is 0 Å². The molecule has 0 bridgehead atoms. The van der Waals surface area contributed by atoms with Gasteiger partial charge in [-0.05, 0) is 118 Å². The second kappa shape index (κ2) is 7.98. The summed E-state index contributed by atoms with van der Waals surface area (Å²) in [5.41, 5.74) is -1.38. The zero-order valence-electron chi connectivity index (χ0n) is 21.4. The topological polar surface area (TPSA) is 40.5 Å². The summed E-state index contributed by atoms with van der Waals surface area (Å²) < 4.78 is 39.5. The van der Waals surface area contributed by atoms with Gasteiger partial charge in [-0.1, -0.05) is 39.3 Å².